The average Bonchev–Trinajstić information content (AvgIpc) is 3.24. The summed E-state index contributed by atoms with van der Waals surface area (Å²) in [4.78, 5) is 44.0. The molecule has 182 valence electrons. The zero-order valence-electron chi connectivity index (χ0n) is 20.1. The summed E-state index contributed by atoms with van der Waals surface area (Å²) in [5.74, 6) is -0.338. The summed E-state index contributed by atoms with van der Waals surface area (Å²) in [5, 5.41) is 5.52. The van der Waals surface area contributed by atoms with Crippen molar-refractivity contribution in [2.75, 3.05) is 12.3 Å². The Kier molecular flexibility index (Phi) is 7.75. The number of anilines is 1. The molecule has 0 radical (unpaired) electrons. The summed E-state index contributed by atoms with van der Waals surface area (Å²) >= 11 is 0. The first-order chi connectivity index (χ1) is 16.0. The van der Waals surface area contributed by atoms with Gasteiger partial charge in [-0.3, -0.25) is 14.5 Å². The molecule has 2 aromatic rings. The van der Waals surface area contributed by atoms with Crippen LogP contribution in [-0.4, -0.2) is 52.0 Å². The predicted molar refractivity (Wildman–Crippen MR) is 129 cm³/mol. The van der Waals surface area contributed by atoms with Crippen LogP contribution in [0.15, 0.2) is 48.7 Å². The number of hydrogen-bond acceptors (Lipinski definition) is 6. The molecule has 34 heavy (non-hydrogen) atoms. The third kappa shape index (κ3) is 6.69. The van der Waals surface area contributed by atoms with Gasteiger partial charge in [0, 0.05) is 25.2 Å². The van der Waals surface area contributed by atoms with Crippen molar-refractivity contribution in [2.45, 2.75) is 64.3 Å². The molecule has 1 aromatic heterocycles. The fourth-order valence-corrected chi connectivity index (χ4v) is 3.83. The molecule has 1 fully saturated rings. The summed E-state index contributed by atoms with van der Waals surface area (Å²) < 4.78 is 5.55. The molecule has 3 atom stereocenters. The maximum absolute atomic E-state index is 13.2. The van der Waals surface area contributed by atoms with Crippen molar-refractivity contribution in [1.82, 2.24) is 20.5 Å². The van der Waals surface area contributed by atoms with E-state index in [0.717, 1.165) is 11.1 Å². The highest BCUT2D eigenvalue weighted by atomic mass is 16.6. The number of ether oxygens (including phenoxy) is 1. The second-order valence-electron chi connectivity index (χ2n) is 9.53. The van der Waals surface area contributed by atoms with Crippen LogP contribution >= 0.6 is 0 Å². The monoisotopic (exact) mass is 467 g/mol. The maximum atomic E-state index is 13.2. The second-order valence-corrected chi connectivity index (χ2v) is 9.53. The molecule has 9 nitrogen and oxygen atoms in total. The van der Waals surface area contributed by atoms with Gasteiger partial charge in [0.25, 0.3) is 0 Å². The molecule has 1 saturated heterocycles. The van der Waals surface area contributed by atoms with Crippen molar-refractivity contribution >= 4 is 23.7 Å². The molecule has 1 aliphatic rings. The zero-order valence-corrected chi connectivity index (χ0v) is 20.1. The summed E-state index contributed by atoms with van der Waals surface area (Å²) in [7, 11) is 0. The van der Waals surface area contributed by atoms with Crippen molar-refractivity contribution in [1.29, 1.82) is 0 Å². The number of rotatable bonds is 6. The molecule has 0 aliphatic carbocycles. The third-order valence-electron chi connectivity index (χ3n) is 5.57. The molecule has 1 aliphatic heterocycles. The number of carbonyl (C=O) groups excluding carboxylic acids is 3. The summed E-state index contributed by atoms with van der Waals surface area (Å²) in [6, 6.07) is 11.7. The molecule has 4 N–H and O–H groups in total. The first-order valence-electron chi connectivity index (χ1n) is 11.4. The van der Waals surface area contributed by atoms with Crippen molar-refractivity contribution in [2.24, 2.45) is 0 Å². The number of nitrogens with zero attached hydrogens (tertiary/aromatic N) is 2. The largest absolute Gasteiger partial charge is 0.444 e. The molecular formula is C25H33N5O4. The van der Waals surface area contributed by atoms with Gasteiger partial charge in [0.15, 0.2) is 0 Å². The fraction of sp³-hybridized carbons (Fsp3) is 0.440. The van der Waals surface area contributed by atoms with Gasteiger partial charge < -0.3 is 21.1 Å². The lowest BCUT2D eigenvalue weighted by Gasteiger charge is -2.28. The van der Waals surface area contributed by atoms with E-state index in [1.165, 1.54) is 4.90 Å². The topological polar surface area (TPSA) is 127 Å². The van der Waals surface area contributed by atoms with Gasteiger partial charge in [-0.15, -0.1) is 0 Å². The Balaban J connectivity index is 1.65. The Morgan fingerprint density at radius 1 is 1.18 bits per heavy atom. The van der Waals surface area contributed by atoms with E-state index in [1.54, 1.807) is 46.0 Å². The minimum atomic E-state index is -0.787. The van der Waals surface area contributed by atoms with Crippen LogP contribution in [0.1, 0.15) is 51.2 Å². The number of benzene rings is 1. The molecule has 2 heterocycles. The van der Waals surface area contributed by atoms with Crippen LogP contribution in [0, 0.1) is 0 Å². The number of pyridine rings is 1. The standard InChI is InChI=1S/C25H33N5O4/c1-16(22(31)28-14-17-10-11-21(26)27-13-17)29-23(32)20-12-19(18-8-6-5-7-9-18)15-30(20)24(33)34-25(2,3)4/h5-11,13,16,19-20H,12,14-15H2,1-4H3,(H2,26,27)(H,28,31)(H,29,32)/t16-,19+,20+/m0/s1. The Morgan fingerprint density at radius 2 is 1.88 bits per heavy atom. The van der Waals surface area contributed by atoms with Crippen LogP contribution in [0.4, 0.5) is 10.6 Å². The number of nitrogens with one attached hydrogen (secondary N) is 2. The van der Waals surface area contributed by atoms with E-state index in [0.29, 0.717) is 18.8 Å². The summed E-state index contributed by atoms with van der Waals surface area (Å²) in [5.41, 5.74) is 6.73. The zero-order chi connectivity index (χ0) is 24.9. The average molecular weight is 468 g/mol. The number of nitrogens with two attached hydrogens (primary N) is 1. The van der Waals surface area contributed by atoms with E-state index in [1.807, 2.05) is 30.3 Å². The van der Waals surface area contributed by atoms with E-state index in [4.69, 9.17) is 10.5 Å². The first kappa shape index (κ1) is 25.0. The smallest absolute Gasteiger partial charge is 0.410 e. The molecule has 3 amide bonds. The van der Waals surface area contributed by atoms with Gasteiger partial charge in [-0.25, -0.2) is 9.78 Å². The van der Waals surface area contributed by atoms with Crippen LogP contribution in [0.2, 0.25) is 0 Å². The lowest BCUT2D eigenvalue weighted by molar-refractivity contribution is -0.131. The lowest BCUT2D eigenvalue weighted by Crippen LogP contribution is -2.52. The van der Waals surface area contributed by atoms with Crippen LogP contribution in [0.5, 0.6) is 0 Å². The van der Waals surface area contributed by atoms with Gasteiger partial charge in [-0.2, -0.15) is 0 Å². The van der Waals surface area contributed by atoms with Gasteiger partial charge in [0.05, 0.1) is 0 Å². The van der Waals surface area contributed by atoms with Gasteiger partial charge in [-0.05, 0) is 51.3 Å². The van der Waals surface area contributed by atoms with Crippen LogP contribution in [0.3, 0.4) is 0 Å². The minimum Gasteiger partial charge on any atom is -0.444 e. The van der Waals surface area contributed by atoms with Crippen molar-refractivity contribution in [3.63, 3.8) is 0 Å². The molecule has 0 spiro atoms. The van der Waals surface area contributed by atoms with E-state index in [9.17, 15) is 14.4 Å². The van der Waals surface area contributed by atoms with Crippen molar-refractivity contribution in [3.05, 3.63) is 59.8 Å². The third-order valence-corrected chi connectivity index (χ3v) is 5.57. The Hall–Kier alpha value is -3.62. The Bertz CT molecular complexity index is 1000. The molecule has 0 unspecified atom stereocenters. The number of aromatic nitrogens is 1. The number of hydrogen-bond donors (Lipinski definition) is 3. The van der Waals surface area contributed by atoms with E-state index >= 15 is 0 Å². The van der Waals surface area contributed by atoms with Gasteiger partial charge in [0.1, 0.15) is 23.5 Å². The minimum absolute atomic E-state index is 0.00776. The highest BCUT2D eigenvalue weighted by molar-refractivity contribution is 5.91. The highest BCUT2D eigenvalue weighted by Crippen LogP contribution is 2.33. The fourth-order valence-electron chi connectivity index (χ4n) is 3.83. The number of nitrogen functional groups attached to an aromatic ring is 1. The molecule has 0 bridgehead atoms. The predicted octanol–water partition coefficient (Wildman–Crippen LogP) is 2.58. The Labute approximate surface area is 200 Å². The number of carbonyl (C=O) groups is 3. The van der Waals surface area contributed by atoms with Crippen LogP contribution in [-0.2, 0) is 20.9 Å². The van der Waals surface area contributed by atoms with E-state index < -0.39 is 23.8 Å². The van der Waals surface area contributed by atoms with Crippen molar-refractivity contribution < 1.29 is 19.1 Å². The quantitative estimate of drug-likeness (QED) is 0.599. The van der Waals surface area contributed by atoms with E-state index in [-0.39, 0.29) is 24.3 Å². The van der Waals surface area contributed by atoms with Crippen LogP contribution in [0.25, 0.3) is 0 Å². The molecular weight excluding hydrogens is 434 g/mol. The second kappa shape index (κ2) is 10.5. The number of likely N-dealkylation sites (tertiary alicyclic amines) is 1. The normalized spacial score (nSPS) is 18.8. The molecule has 9 heteroatoms. The van der Waals surface area contributed by atoms with E-state index in [2.05, 4.69) is 15.6 Å². The van der Waals surface area contributed by atoms with Gasteiger partial charge >= 0.3 is 6.09 Å². The lowest BCUT2D eigenvalue weighted by atomic mass is 9.96. The van der Waals surface area contributed by atoms with Crippen molar-refractivity contribution in [3.8, 4) is 0 Å². The summed E-state index contributed by atoms with van der Waals surface area (Å²) in [6.07, 6.45) is 1.49. The molecule has 3 rings (SSSR count). The van der Waals surface area contributed by atoms with Gasteiger partial charge in [0.2, 0.25) is 11.8 Å². The van der Waals surface area contributed by atoms with Crippen LogP contribution < -0.4 is 16.4 Å². The number of amides is 3. The first-order valence-corrected chi connectivity index (χ1v) is 11.4. The summed E-state index contributed by atoms with van der Waals surface area (Å²) in [6.45, 7) is 7.59. The SMILES string of the molecule is C[C@H](NC(=O)[C@H]1C[C@@H](c2ccccc2)CN1C(=O)OC(C)(C)C)C(=O)NCc1ccc(N)nc1. The molecule has 1 aromatic carbocycles. The highest BCUT2D eigenvalue weighted by Gasteiger charge is 2.42. The Morgan fingerprint density at radius 3 is 2.50 bits per heavy atom. The van der Waals surface area contributed by atoms with Gasteiger partial charge in [-0.1, -0.05) is 36.4 Å². The molecule has 0 saturated carbocycles. The maximum Gasteiger partial charge on any atom is 0.410 e.